The van der Waals surface area contributed by atoms with Crippen LogP contribution in [0.1, 0.15) is 32.1 Å². The van der Waals surface area contributed by atoms with Gasteiger partial charge in [-0.15, -0.1) is 0 Å². The molecule has 3 rings (SSSR count). The van der Waals surface area contributed by atoms with Crippen molar-refractivity contribution in [3.8, 4) is 6.07 Å². The minimum Gasteiger partial charge on any atom is -0.396 e. The highest BCUT2D eigenvalue weighted by Crippen LogP contribution is 2.50. The monoisotopic (exact) mass is 249 g/mol. The van der Waals surface area contributed by atoms with Gasteiger partial charge >= 0.3 is 0 Å². The molecular weight excluding hydrogens is 230 g/mol. The number of likely N-dealkylation sites (tertiary alicyclic amines) is 1. The zero-order valence-corrected chi connectivity index (χ0v) is 10.3. The van der Waals surface area contributed by atoms with E-state index in [0.29, 0.717) is 0 Å². The van der Waals surface area contributed by atoms with Gasteiger partial charge in [0.15, 0.2) is 0 Å². The molecule has 0 aromatic heterocycles. The number of piperidine rings is 1. The highest BCUT2D eigenvalue weighted by Gasteiger charge is 2.51. The first-order valence-corrected chi connectivity index (χ1v) is 6.56. The molecule has 3 aliphatic rings. The van der Waals surface area contributed by atoms with Crippen LogP contribution >= 0.6 is 0 Å². The Morgan fingerprint density at radius 2 is 2.28 bits per heavy atom. The molecule has 5 nitrogen and oxygen atoms in total. The molecule has 1 fully saturated rings. The predicted molar refractivity (Wildman–Crippen MR) is 64.9 cm³/mol. The van der Waals surface area contributed by atoms with Crippen LogP contribution in [0.25, 0.3) is 0 Å². The second-order valence-electron chi connectivity index (χ2n) is 5.80. The lowest BCUT2D eigenvalue weighted by atomic mass is 9.64. The number of hydrogen-bond acceptors (Lipinski definition) is 5. The van der Waals surface area contributed by atoms with Gasteiger partial charge in [-0.25, -0.2) is 0 Å². The Morgan fingerprint density at radius 3 is 2.78 bits per heavy atom. The third-order valence-electron chi connectivity index (χ3n) is 4.88. The molecular formula is C13H19N3O2. The Hall–Kier alpha value is -1.09. The summed E-state index contributed by atoms with van der Waals surface area (Å²) in [5.41, 5.74) is 8.18. The first-order chi connectivity index (χ1) is 8.63. The van der Waals surface area contributed by atoms with Gasteiger partial charge in [-0.2, -0.15) is 5.26 Å². The van der Waals surface area contributed by atoms with Crippen molar-refractivity contribution in [3.63, 3.8) is 0 Å². The van der Waals surface area contributed by atoms with Crippen LogP contribution in [-0.2, 0) is 0 Å². The number of nitrogens with zero attached hydrogens (tertiary/aromatic N) is 2. The summed E-state index contributed by atoms with van der Waals surface area (Å²) in [6.45, 7) is 0.0161. The van der Waals surface area contributed by atoms with Crippen LogP contribution in [-0.4, -0.2) is 40.0 Å². The van der Waals surface area contributed by atoms with E-state index in [-0.39, 0.29) is 18.1 Å². The largest absolute Gasteiger partial charge is 0.396 e. The van der Waals surface area contributed by atoms with E-state index in [0.717, 1.165) is 37.8 Å². The van der Waals surface area contributed by atoms with E-state index < -0.39 is 12.3 Å². The Labute approximate surface area is 106 Å². The Balaban J connectivity index is 1.76. The second-order valence-corrected chi connectivity index (χ2v) is 5.80. The number of allylic oxidation sites excluding steroid dienone is 1. The maximum atomic E-state index is 10.5. The van der Waals surface area contributed by atoms with Crippen LogP contribution in [0, 0.1) is 16.7 Å². The van der Waals surface area contributed by atoms with Crippen LogP contribution < -0.4 is 5.73 Å². The Morgan fingerprint density at radius 1 is 1.56 bits per heavy atom. The normalized spacial score (nSPS) is 31.4. The first kappa shape index (κ1) is 12.0. The Bertz CT molecular complexity index is 430. The second kappa shape index (κ2) is 3.95. The fourth-order valence-corrected chi connectivity index (χ4v) is 3.31. The van der Waals surface area contributed by atoms with Crippen molar-refractivity contribution >= 4 is 0 Å². The molecule has 1 saturated carbocycles. The molecule has 3 atom stereocenters. The maximum absolute atomic E-state index is 10.5. The molecule has 0 bridgehead atoms. The van der Waals surface area contributed by atoms with Crippen molar-refractivity contribution in [1.29, 1.82) is 5.26 Å². The summed E-state index contributed by atoms with van der Waals surface area (Å²) in [6.07, 6.45) is 3.57. The summed E-state index contributed by atoms with van der Waals surface area (Å²) < 4.78 is 0. The molecule has 18 heavy (non-hydrogen) atoms. The van der Waals surface area contributed by atoms with E-state index in [1.165, 1.54) is 5.57 Å². The van der Waals surface area contributed by atoms with E-state index in [4.69, 9.17) is 11.0 Å². The minimum absolute atomic E-state index is 0.0161. The lowest BCUT2D eigenvalue weighted by Crippen LogP contribution is -2.60. The lowest BCUT2D eigenvalue weighted by Gasteiger charge is -2.48. The summed E-state index contributed by atoms with van der Waals surface area (Å²) in [5.74, 6) is 0. The van der Waals surface area contributed by atoms with Gasteiger partial charge in [0.1, 0.15) is 12.3 Å². The van der Waals surface area contributed by atoms with Crippen LogP contribution in [0.15, 0.2) is 11.3 Å². The van der Waals surface area contributed by atoms with E-state index in [1.807, 2.05) is 0 Å². The fraction of sp³-hybridized carbons (Fsp3) is 0.769. The van der Waals surface area contributed by atoms with E-state index in [1.54, 1.807) is 4.90 Å². The topological polar surface area (TPSA) is 93.5 Å². The van der Waals surface area contributed by atoms with E-state index in [9.17, 15) is 10.2 Å². The third-order valence-corrected chi connectivity index (χ3v) is 4.88. The predicted octanol–water partition coefficient (Wildman–Crippen LogP) is 0.0504. The molecule has 3 unspecified atom stereocenters. The van der Waals surface area contributed by atoms with Gasteiger partial charge in [0.25, 0.3) is 0 Å². The van der Waals surface area contributed by atoms with Crippen LogP contribution in [0.2, 0.25) is 0 Å². The molecule has 0 aromatic rings. The standard InChI is InChI=1S/C13H19N3O2/c14-6-9-4-8-5-10(8)16(9)12(18)11(15)13(7-17)2-1-3-13/h9,11-12,17-18H,1-5,7,15H2. The molecule has 5 heteroatoms. The summed E-state index contributed by atoms with van der Waals surface area (Å²) in [6, 6.07) is 1.46. The number of aliphatic hydroxyl groups excluding tert-OH is 2. The molecule has 0 amide bonds. The molecule has 0 radical (unpaired) electrons. The summed E-state index contributed by atoms with van der Waals surface area (Å²) in [5, 5.41) is 29.1. The number of aliphatic hydroxyl groups is 2. The zero-order chi connectivity index (χ0) is 12.9. The van der Waals surface area contributed by atoms with Gasteiger partial charge in [0.2, 0.25) is 0 Å². The number of hydrogen-bond donors (Lipinski definition) is 3. The van der Waals surface area contributed by atoms with Gasteiger partial charge in [-0.05, 0) is 18.4 Å². The van der Waals surface area contributed by atoms with Crippen LogP contribution in [0.3, 0.4) is 0 Å². The smallest absolute Gasteiger partial charge is 0.143 e. The third kappa shape index (κ3) is 1.50. The average molecular weight is 249 g/mol. The van der Waals surface area contributed by atoms with Crippen LogP contribution in [0.4, 0.5) is 0 Å². The van der Waals surface area contributed by atoms with Gasteiger partial charge in [-0.3, -0.25) is 0 Å². The molecule has 1 aliphatic heterocycles. The molecule has 2 aliphatic carbocycles. The highest BCUT2D eigenvalue weighted by molar-refractivity contribution is 5.42. The van der Waals surface area contributed by atoms with E-state index in [2.05, 4.69) is 6.07 Å². The number of nitriles is 1. The van der Waals surface area contributed by atoms with Crippen molar-refractivity contribution in [2.45, 2.75) is 50.4 Å². The summed E-state index contributed by atoms with van der Waals surface area (Å²) in [7, 11) is 0. The SMILES string of the molecule is N#CC1CC2=C(C2)N1C(O)C(N)C1(CO)CCC1. The summed E-state index contributed by atoms with van der Waals surface area (Å²) >= 11 is 0. The van der Waals surface area contributed by atoms with E-state index >= 15 is 0 Å². The van der Waals surface area contributed by atoms with Crippen LogP contribution in [0.5, 0.6) is 0 Å². The maximum Gasteiger partial charge on any atom is 0.143 e. The number of rotatable bonds is 4. The van der Waals surface area contributed by atoms with Gasteiger partial charge in [0.05, 0.1) is 18.7 Å². The van der Waals surface area contributed by atoms with Crippen molar-refractivity contribution in [2.75, 3.05) is 6.61 Å². The van der Waals surface area contributed by atoms with Gasteiger partial charge in [-0.1, -0.05) is 6.42 Å². The zero-order valence-electron chi connectivity index (χ0n) is 10.3. The highest BCUT2D eigenvalue weighted by atomic mass is 16.3. The van der Waals surface area contributed by atoms with Crippen molar-refractivity contribution in [2.24, 2.45) is 11.1 Å². The fourth-order valence-electron chi connectivity index (χ4n) is 3.31. The molecule has 1 heterocycles. The van der Waals surface area contributed by atoms with Gasteiger partial charge < -0.3 is 20.8 Å². The first-order valence-electron chi connectivity index (χ1n) is 6.56. The lowest BCUT2D eigenvalue weighted by molar-refractivity contribution is -0.0819. The minimum atomic E-state index is -0.850. The Kier molecular flexibility index (Phi) is 2.63. The molecule has 0 aromatic carbocycles. The number of nitrogens with two attached hydrogens (primary N) is 1. The van der Waals surface area contributed by atoms with Crippen molar-refractivity contribution in [1.82, 2.24) is 4.90 Å². The molecule has 4 N–H and O–H groups in total. The van der Waals surface area contributed by atoms with Crippen molar-refractivity contribution < 1.29 is 10.2 Å². The molecule has 0 spiro atoms. The average Bonchev–Trinajstić information content (AvgIpc) is 2.99. The molecule has 0 saturated heterocycles. The summed E-state index contributed by atoms with van der Waals surface area (Å²) in [4.78, 5) is 1.77. The molecule has 98 valence electrons. The van der Waals surface area contributed by atoms with Crippen molar-refractivity contribution in [3.05, 3.63) is 11.3 Å². The van der Waals surface area contributed by atoms with Gasteiger partial charge in [0, 0.05) is 24.0 Å². The quantitative estimate of drug-likeness (QED) is 0.654.